The van der Waals surface area contributed by atoms with Crippen molar-refractivity contribution in [3.05, 3.63) is 0 Å². The summed E-state index contributed by atoms with van der Waals surface area (Å²) in [6.45, 7) is 1.61. The predicted molar refractivity (Wildman–Crippen MR) is 35.5 cm³/mol. The van der Waals surface area contributed by atoms with Crippen LogP contribution in [0.1, 0.15) is 12.8 Å². The van der Waals surface area contributed by atoms with Gasteiger partial charge in [-0.3, -0.25) is 4.79 Å². The van der Waals surface area contributed by atoms with E-state index >= 15 is 0 Å². The molecule has 0 unspecified atom stereocenters. The molecule has 2 aliphatic rings. The van der Waals surface area contributed by atoms with Gasteiger partial charge in [-0.25, -0.2) is 0 Å². The Morgan fingerprint density at radius 3 is 2.40 bits per heavy atom. The van der Waals surface area contributed by atoms with Gasteiger partial charge in [0.25, 0.3) is 0 Å². The molecule has 2 atom stereocenters. The molecule has 2 saturated heterocycles. The molecule has 0 aliphatic carbocycles. The number of rotatable bonds is 1. The second kappa shape index (κ2) is 2.23. The first kappa shape index (κ1) is 6.16. The van der Waals surface area contributed by atoms with E-state index in [1.807, 2.05) is 4.90 Å². The lowest BCUT2D eigenvalue weighted by Crippen LogP contribution is -2.41. The van der Waals surface area contributed by atoms with E-state index in [0.29, 0.717) is 12.2 Å². The van der Waals surface area contributed by atoms with Gasteiger partial charge in [0.15, 0.2) is 0 Å². The molecule has 0 spiro atoms. The summed E-state index contributed by atoms with van der Waals surface area (Å²) in [5, 5.41) is 0. The van der Waals surface area contributed by atoms with Gasteiger partial charge in [0.1, 0.15) is 0 Å². The summed E-state index contributed by atoms with van der Waals surface area (Å²) in [5.41, 5.74) is 0. The highest BCUT2D eigenvalue weighted by atomic mass is 16.5. The fraction of sp³-hybridized carbons (Fsp3) is 0.857. The molecule has 0 radical (unpaired) electrons. The Balaban J connectivity index is 2.02. The molecule has 1 amide bonds. The lowest BCUT2D eigenvalue weighted by atomic mass is 10.2. The first-order valence-corrected chi connectivity index (χ1v) is 3.73. The van der Waals surface area contributed by atoms with Crippen LogP contribution in [-0.4, -0.2) is 36.6 Å². The van der Waals surface area contributed by atoms with Crippen molar-refractivity contribution in [2.24, 2.45) is 0 Å². The van der Waals surface area contributed by atoms with Gasteiger partial charge < -0.3 is 9.64 Å². The van der Waals surface area contributed by atoms with Crippen LogP contribution >= 0.6 is 0 Å². The van der Waals surface area contributed by atoms with E-state index in [0.717, 1.165) is 32.3 Å². The number of morpholine rings is 1. The van der Waals surface area contributed by atoms with E-state index in [4.69, 9.17) is 4.74 Å². The van der Waals surface area contributed by atoms with E-state index in [9.17, 15) is 4.79 Å². The average molecular weight is 141 g/mol. The Morgan fingerprint density at radius 2 is 1.90 bits per heavy atom. The SMILES string of the molecule is O=CN1C[C@H]2CC[C@H](C1)O2. The lowest BCUT2D eigenvalue weighted by molar-refractivity contribution is -0.126. The quantitative estimate of drug-likeness (QED) is 0.481. The van der Waals surface area contributed by atoms with Crippen molar-refractivity contribution in [2.75, 3.05) is 13.1 Å². The zero-order chi connectivity index (χ0) is 6.97. The van der Waals surface area contributed by atoms with Crippen LogP contribution in [0.3, 0.4) is 0 Å². The summed E-state index contributed by atoms with van der Waals surface area (Å²) >= 11 is 0. The minimum atomic E-state index is 0.337. The zero-order valence-electron chi connectivity index (χ0n) is 5.82. The third kappa shape index (κ3) is 0.904. The standard InChI is InChI=1S/C7H11NO2/c9-5-8-3-6-1-2-7(4-8)10-6/h5-7H,1-4H2/t6-,7-/m1/s1. The molecule has 2 aliphatic heterocycles. The Labute approximate surface area is 60.0 Å². The molecule has 0 saturated carbocycles. The van der Waals surface area contributed by atoms with Gasteiger partial charge in [-0.05, 0) is 12.8 Å². The fourth-order valence-electron chi connectivity index (χ4n) is 1.73. The van der Waals surface area contributed by atoms with Crippen LogP contribution in [0, 0.1) is 0 Å². The van der Waals surface area contributed by atoms with Crippen molar-refractivity contribution in [1.29, 1.82) is 0 Å². The molecule has 2 fully saturated rings. The number of amides is 1. The molecule has 0 aromatic heterocycles. The minimum absolute atomic E-state index is 0.337. The van der Waals surface area contributed by atoms with Crippen LogP contribution < -0.4 is 0 Å². The number of hydrogen-bond donors (Lipinski definition) is 0. The second-order valence-electron chi connectivity index (χ2n) is 3.02. The van der Waals surface area contributed by atoms with Gasteiger partial charge in [-0.2, -0.15) is 0 Å². The summed E-state index contributed by atoms with van der Waals surface area (Å²) < 4.78 is 5.53. The number of carbonyl (C=O) groups is 1. The van der Waals surface area contributed by atoms with Crippen LogP contribution in [-0.2, 0) is 9.53 Å². The van der Waals surface area contributed by atoms with Crippen molar-refractivity contribution in [2.45, 2.75) is 25.0 Å². The van der Waals surface area contributed by atoms with E-state index < -0.39 is 0 Å². The van der Waals surface area contributed by atoms with Gasteiger partial charge in [0.2, 0.25) is 6.41 Å². The normalized spacial score (nSPS) is 38.2. The minimum Gasteiger partial charge on any atom is -0.371 e. The van der Waals surface area contributed by atoms with Crippen LogP contribution in [0.5, 0.6) is 0 Å². The molecule has 10 heavy (non-hydrogen) atoms. The second-order valence-corrected chi connectivity index (χ2v) is 3.02. The van der Waals surface area contributed by atoms with Crippen molar-refractivity contribution < 1.29 is 9.53 Å². The number of fused-ring (bicyclic) bond motifs is 2. The van der Waals surface area contributed by atoms with E-state index in [1.165, 1.54) is 0 Å². The molecule has 3 nitrogen and oxygen atoms in total. The van der Waals surface area contributed by atoms with Crippen molar-refractivity contribution in [3.8, 4) is 0 Å². The number of hydrogen-bond acceptors (Lipinski definition) is 2. The first-order valence-electron chi connectivity index (χ1n) is 3.73. The molecule has 56 valence electrons. The molecule has 2 bridgehead atoms. The Bertz CT molecular complexity index is 137. The fourth-order valence-corrected chi connectivity index (χ4v) is 1.73. The molecular weight excluding hydrogens is 130 g/mol. The van der Waals surface area contributed by atoms with Crippen molar-refractivity contribution in [1.82, 2.24) is 4.90 Å². The smallest absolute Gasteiger partial charge is 0.209 e. The van der Waals surface area contributed by atoms with Gasteiger partial charge in [0, 0.05) is 13.1 Å². The number of carbonyl (C=O) groups excluding carboxylic acids is 1. The summed E-state index contributed by atoms with van der Waals surface area (Å²) in [5.74, 6) is 0. The molecule has 2 heterocycles. The summed E-state index contributed by atoms with van der Waals surface area (Å²) in [4.78, 5) is 12.2. The van der Waals surface area contributed by atoms with Gasteiger partial charge in [-0.15, -0.1) is 0 Å². The molecule has 0 aromatic carbocycles. The monoisotopic (exact) mass is 141 g/mol. The van der Waals surface area contributed by atoms with Gasteiger partial charge >= 0.3 is 0 Å². The maximum atomic E-state index is 10.3. The maximum Gasteiger partial charge on any atom is 0.209 e. The third-order valence-corrected chi connectivity index (χ3v) is 2.22. The van der Waals surface area contributed by atoms with E-state index in [-0.39, 0.29) is 0 Å². The van der Waals surface area contributed by atoms with E-state index in [2.05, 4.69) is 0 Å². The lowest BCUT2D eigenvalue weighted by Gasteiger charge is -2.28. The molecule has 0 N–H and O–H groups in total. The topological polar surface area (TPSA) is 29.5 Å². The highest BCUT2D eigenvalue weighted by Crippen LogP contribution is 2.24. The summed E-state index contributed by atoms with van der Waals surface area (Å²) in [6, 6.07) is 0. The number of likely N-dealkylation sites (tertiary alicyclic amines) is 1. The Kier molecular flexibility index (Phi) is 1.38. The molecular formula is C7H11NO2. The van der Waals surface area contributed by atoms with Crippen LogP contribution in [0.2, 0.25) is 0 Å². The number of nitrogens with zero attached hydrogens (tertiary/aromatic N) is 1. The highest BCUT2D eigenvalue weighted by Gasteiger charge is 2.32. The summed E-state index contributed by atoms with van der Waals surface area (Å²) in [6.07, 6.45) is 3.87. The average Bonchev–Trinajstić information content (AvgIpc) is 2.30. The molecule has 2 rings (SSSR count). The van der Waals surface area contributed by atoms with Crippen LogP contribution in [0.15, 0.2) is 0 Å². The maximum absolute atomic E-state index is 10.3. The largest absolute Gasteiger partial charge is 0.371 e. The van der Waals surface area contributed by atoms with Crippen molar-refractivity contribution in [3.63, 3.8) is 0 Å². The van der Waals surface area contributed by atoms with Crippen LogP contribution in [0.25, 0.3) is 0 Å². The van der Waals surface area contributed by atoms with E-state index in [1.54, 1.807) is 0 Å². The zero-order valence-corrected chi connectivity index (χ0v) is 5.82. The van der Waals surface area contributed by atoms with Gasteiger partial charge in [-0.1, -0.05) is 0 Å². The highest BCUT2D eigenvalue weighted by molar-refractivity contribution is 5.47. The van der Waals surface area contributed by atoms with Gasteiger partial charge in [0.05, 0.1) is 12.2 Å². The van der Waals surface area contributed by atoms with Crippen molar-refractivity contribution >= 4 is 6.41 Å². The molecule has 0 aromatic rings. The summed E-state index contributed by atoms with van der Waals surface area (Å²) in [7, 11) is 0. The third-order valence-electron chi connectivity index (χ3n) is 2.22. The Morgan fingerprint density at radius 1 is 1.30 bits per heavy atom. The predicted octanol–water partition coefficient (Wildman–Crippen LogP) is 0.00600. The first-order chi connectivity index (χ1) is 4.88. The Hall–Kier alpha value is -0.570. The number of ether oxygens (including phenoxy) is 1. The molecule has 3 heteroatoms. The van der Waals surface area contributed by atoms with Crippen LogP contribution in [0.4, 0.5) is 0 Å².